The molecule has 0 saturated carbocycles. The standard InChI is InChI=1S/C20H19NO4/c1-23-18-9-14-11-21-5-4-12-8-19(24-2)20(25-3)10-15(12)16(21)6-13(14)7-17(18)22/h4-11,17,22H,1-3H3. The van der Waals surface area contributed by atoms with Crippen LogP contribution in [0.5, 0.6) is 11.5 Å². The van der Waals surface area contributed by atoms with Gasteiger partial charge in [-0.15, -0.1) is 0 Å². The van der Waals surface area contributed by atoms with Crippen LogP contribution in [0.25, 0.3) is 11.8 Å². The molecule has 3 aliphatic rings. The third kappa shape index (κ3) is 2.44. The van der Waals surface area contributed by atoms with Crippen molar-refractivity contribution < 1.29 is 19.3 Å². The second kappa shape index (κ2) is 5.86. The van der Waals surface area contributed by atoms with Crippen LogP contribution in [-0.2, 0) is 4.74 Å². The number of nitrogens with zero attached hydrogens (tertiary/aromatic N) is 1. The Kier molecular flexibility index (Phi) is 3.66. The molecule has 0 radical (unpaired) electrons. The van der Waals surface area contributed by atoms with Gasteiger partial charge in [-0.25, -0.2) is 0 Å². The molecule has 0 bridgehead atoms. The molecule has 0 saturated heterocycles. The first-order chi connectivity index (χ1) is 12.1. The summed E-state index contributed by atoms with van der Waals surface area (Å²) < 4.78 is 16.1. The highest BCUT2D eigenvalue weighted by atomic mass is 16.5. The molecule has 1 atom stereocenters. The van der Waals surface area contributed by atoms with Gasteiger partial charge in [0.2, 0.25) is 0 Å². The van der Waals surface area contributed by atoms with Crippen molar-refractivity contribution in [2.75, 3.05) is 21.3 Å². The number of hydrogen-bond donors (Lipinski definition) is 1. The lowest BCUT2D eigenvalue weighted by molar-refractivity contribution is 0.159. The van der Waals surface area contributed by atoms with Crippen molar-refractivity contribution in [3.8, 4) is 11.5 Å². The van der Waals surface area contributed by atoms with Crippen molar-refractivity contribution in [1.82, 2.24) is 4.90 Å². The minimum Gasteiger partial charge on any atom is -0.498 e. The van der Waals surface area contributed by atoms with Crippen LogP contribution in [0.4, 0.5) is 0 Å². The van der Waals surface area contributed by atoms with Crippen LogP contribution >= 0.6 is 0 Å². The van der Waals surface area contributed by atoms with E-state index >= 15 is 0 Å². The summed E-state index contributed by atoms with van der Waals surface area (Å²) in [6.07, 6.45) is 11.1. The Hall–Kier alpha value is -2.92. The number of benzene rings is 1. The first-order valence-electron chi connectivity index (χ1n) is 7.97. The zero-order valence-electron chi connectivity index (χ0n) is 14.3. The second-order valence-electron chi connectivity index (χ2n) is 5.95. The molecule has 5 nitrogen and oxygen atoms in total. The predicted octanol–water partition coefficient (Wildman–Crippen LogP) is 3.06. The third-order valence-electron chi connectivity index (χ3n) is 4.59. The van der Waals surface area contributed by atoms with E-state index < -0.39 is 6.10 Å². The maximum Gasteiger partial charge on any atom is 0.161 e. The molecule has 25 heavy (non-hydrogen) atoms. The molecule has 5 heteroatoms. The van der Waals surface area contributed by atoms with Gasteiger partial charge in [0.25, 0.3) is 0 Å². The fraction of sp³-hybridized carbons (Fsp3) is 0.200. The van der Waals surface area contributed by atoms with Crippen LogP contribution in [0.15, 0.2) is 59.7 Å². The molecular formula is C20H19NO4. The Balaban J connectivity index is 1.82. The van der Waals surface area contributed by atoms with Gasteiger partial charge in [-0.1, -0.05) is 0 Å². The zero-order valence-corrected chi connectivity index (χ0v) is 14.3. The Labute approximate surface area is 146 Å². The molecular weight excluding hydrogens is 318 g/mol. The molecule has 2 aliphatic heterocycles. The topological polar surface area (TPSA) is 51.2 Å². The molecule has 1 aromatic rings. The number of methoxy groups -OCH3 is 3. The second-order valence-corrected chi connectivity index (χ2v) is 5.95. The first kappa shape index (κ1) is 15.6. The highest BCUT2D eigenvalue weighted by molar-refractivity contribution is 5.84. The van der Waals surface area contributed by atoms with E-state index in [2.05, 4.69) is 11.0 Å². The van der Waals surface area contributed by atoms with Crippen LogP contribution < -0.4 is 9.47 Å². The van der Waals surface area contributed by atoms with Gasteiger partial charge in [0.15, 0.2) is 11.5 Å². The zero-order chi connectivity index (χ0) is 17.6. The Morgan fingerprint density at radius 3 is 2.44 bits per heavy atom. The fourth-order valence-electron chi connectivity index (χ4n) is 3.29. The number of rotatable bonds is 3. The Morgan fingerprint density at radius 2 is 1.72 bits per heavy atom. The maximum atomic E-state index is 10.2. The number of aliphatic hydroxyl groups excluding tert-OH is 1. The van der Waals surface area contributed by atoms with Gasteiger partial charge in [0.1, 0.15) is 11.9 Å². The van der Waals surface area contributed by atoms with Crippen molar-refractivity contribution in [2.24, 2.45) is 0 Å². The van der Waals surface area contributed by atoms with Gasteiger partial charge in [0.05, 0.1) is 27.0 Å². The predicted molar refractivity (Wildman–Crippen MR) is 95.7 cm³/mol. The SMILES string of the molecule is COC1=CC2=CN3C=Cc4cc(OC)c(OC)cc4C3=CC2=CC1O. The molecule has 1 unspecified atom stereocenters. The molecule has 0 amide bonds. The van der Waals surface area contributed by atoms with Crippen LogP contribution in [0.2, 0.25) is 0 Å². The maximum absolute atomic E-state index is 10.2. The molecule has 0 spiro atoms. The molecule has 4 rings (SSSR count). The summed E-state index contributed by atoms with van der Waals surface area (Å²) in [4.78, 5) is 2.06. The summed E-state index contributed by atoms with van der Waals surface area (Å²) in [6.45, 7) is 0. The van der Waals surface area contributed by atoms with E-state index in [1.54, 1.807) is 27.4 Å². The van der Waals surface area contributed by atoms with Gasteiger partial charge >= 0.3 is 0 Å². The van der Waals surface area contributed by atoms with Crippen molar-refractivity contribution in [3.05, 3.63) is 70.8 Å². The van der Waals surface area contributed by atoms with Crippen molar-refractivity contribution >= 4 is 11.8 Å². The van der Waals surface area contributed by atoms with E-state index in [-0.39, 0.29) is 0 Å². The average Bonchev–Trinajstić information content (AvgIpc) is 2.64. The monoisotopic (exact) mass is 337 g/mol. The summed E-state index contributed by atoms with van der Waals surface area (Å²) in [5.74, 6) is 1.93. The van der Waals surface area contributed by atoms with Crippen LogP contribution in [0.3, 0.4) is 0 Å². The summed E-state index contributed by atoms with van der Waals surface area (Å²) in [6, 6.07) is 3.95. The molecule has 128 valence electrons. The van der Waals surface area contributed by atoms with E-state index in [1.807, 2.05) is 36.7 Å². The smallest absolute Gasteiger partial charge is 0.161 e. The molecule has 1 aliphatic carbocycles. The van der Waals surface area contributed by atoms with Gasteiger partial charge in [-0.05, 0) is 47.6 Å². The molecule has 2 heterocycles. The highest BCUT2D eigenvalue weighted by Crippen LogP contribution is 2.42. The van der Waals surface area contributed by atoms with Gasteiger partial charge in [-0.2, -0.15) is 0 Å². The van der Waals surface area contributed by atoms with Crippen LogP contribution in [-0.4, -0.2) is 37.4 Å². The van der Waals surface area contributed by atoms with Gasteiger partial charge in [0, 0.05) is 23.5 Å². The minimum atomic E-state index is -0.732. The quantitative estimate of drug-likeness (QED) is 0.919. The Bertz CT molecular complexity index is 889. The van der Waals surface area contributed by atoms with Crippen LogP contribution in [0.1, 0.15) is 11.1 Å². The molecule has 0 aromatic heterocycles. The fourth-order valence-corrected chi connectivity index (χ4v) is 3.29. The summed E-state index contributed by atoms with van der Waals surface area (Å²) in [5.41, 5.74) is 5.10. The lowest BCUT2D eigenvalue weighted by Crippen LogP contribution is -2.21. The molecule has 0 fully saturated rings. The molecule has 1 N–H and O–H groups in total. The van der Waals surface area contributed by atoms with Gasteiger partial charge in [-0.3, -0.25) is 0 Å². The first-order valence-corrected chi connectivity index (χ1v) is 7.97. The van der Waals surface area contributed by atoms with E-state index in [1.165, 1.54) is 0 Å². The molecule has 1 aromatic carbocycles. The van der Waals surface area contributed by atoms with Crippen molar-refractivity contribution in [3.63, 3.8) is 0 Å². The van der Waals surface area contributed by atoms with E-state index in [9.17, 15) is 5.11 Å². The van der Waals surface area contributed by atoms with E-state index in [4.69, 9.17) is 14.2 Å². The third-order valence-corrected chi connectivity index (χ3v) is 4.59. The number of allylic oxidation sites excluding steroid dienone is 4. The Morgan fingerprint density at radius 1 is 0.960 bits per heavy atom. The largest absolute Gasteiger partial charge is 0.498 e. The number of fused-ring (bicyclic) bond motifs is 4. The number of ether oxygens (including phenoxy) is 3. The lowest BCUT2D eigenvalue weighted by atomic mass is 9.90. The summed E-state index contributed by atoms with van der Waals surface area (Å²) >= 11 is 0. The summed E-state index contributed by atoms with van der Waals surface area (Å²) in [7, 11) is 4.83. The number of aliphatic hydroxyl groups is 1. The van der Waals surface area contributed by atoms with E-state index in [0.717, 1.165) is 28.0 Å². The summed E-state index contributed by atoms with van der Waals surface area (Å²) in [5, 5.41) is 10.2. The highest BCUT2D eigenvalue weighted by Gasteiger charge is 2.26. The van der Waals surface area contributed by atoms with Crippen LogP contribution in [0, 0.1) is 0 Å². The lowest BCUT2D eigenvalue weighted by Gasteiger charge is -2.32. The average molecular weight is 337 g/mol. The van der Waals surface area contributed by atoms with Gasteiger partial charge < -0.3 is 24.2 Å². The normalized spacial score (nSPS) is 20.3. The number of hydrogen-bond acceptors (Lipinski definition) is 5. The minimum absolute atomic E-state index is 0.541. The van der Waals surface area contributed by atoms with E-state index in [0.29, 0.717) is 17.3 Å². The van der Waals surface area contributed by atoms with Crippen molar-refractivity contribution in [2.45, 2.75) is 6.10 Å². The van der Waals surface area contributed by atoms with Crippen molar-refractivity contribution in [1.29, 1.82) is 0 Å².